The second kappa shape index (κ2) is 4.82. The number of carbonyl (C=O) groups excluding carboxylic acids is 2. The average Bonchev–Trinajstić information content (AvgIpc) is 2.26. The number of primary amides is 1. The fraction of sp³-hybridized carbons (Fsp3) is 0. The molecule has 0 bridgehead atoms. The minimum Gasteiger partial charge on any atom is -0.350 e. The van der Waals surface area contributed by atoms with Gasteiger partial charge in [-0.15, -0.1) is 0 Å². The lowest BCUT2D eigenvalue weighted by molar-refractivity contribution is 0.0953. The molecule has 0 unspecified atom stereocenters. The number of hydrogen-bond acceptors (Lipinski definition) is 4. The van der Waals surface area contributed by atoms with Crippen molar-refractivity contribution in [3.63, 3.8) is 0 Å². The van der Waals surface area contributed by atoms with Crippen LogP contribution in [-0.4, -0.2) is 11.9 Å². The van der Waals surface area contributed by atoms with Crippen LogP contribution in [0.25, 0.3) is 0 Å². The maximum atomic E-state index is 11.0. The highest BCUT2D eigenvalue weighted by Gasteiger charge is 2.02. The number of nitrogen functional groups attached to an aromatic ring is 1. The molecule has 0 spiro atoms. The largest absolute Gasteiger partial charge is 0.350 e. The molecule has 0 atom stereocenters. The molecule has 0 aliphatic carbocycles. The molecule has 0 saturated heterocycles. The Kier molecular flexibility index (Phi) is 3.47. The molecule has 7 heteroatoms. The number of nitrogens with one attached hydrogen (secondary N) is 3. The standard InChI is InChI=1S/C8H11N5O2/c9-8(15)13-12-6-3-1-5(2-4-6)7(14)11-10/h1-4,12H,10H2,(H,11,14)(H3,9,13,15). The number of anilines is 1. The van der Waals surface area contributed by atoms with Crippen LogP contribution in [0.3, 0.4) is 0 Å². The molecular formula is C8H11N5O2. The maximum absolute atomic E-state index is 11.0. The van der Waals surface area contributed by atoms with Crippen molar-refractivity contribution in [2.45, 2.75) is 0 Å². The molecule has 7 N–H and O–H groups in total. The van der Waals surface area contributed by atoms with Gasteiger partial charge in [0, 0.05) is 5.56 Å². The number of benzene rings is 1. The van der Waals surface area contributed by atoms with Crippen molar-refractivity contribution in [3.05, 3.63) is 29.8 Å². The van der Waals surface area contributed by atoms with E-state index in [-0.39, 0.29) is 5.91 Å². The quantitative estimate of drug-likeness (QED) is 0.256. The molecule has 0 aliphatic rings. The van der Waals surface area contributed by atoms with Crippen molar-refractivity contribution in [2.75, 3.05) is 5.43 Å². The van der Waals surface area contributed by atoms with Gasteiger partial charge in [-0.1, -0.05) is 0 Å². The molecule has 3 amide bonds. The Balaban J connectivity index is 2.64. The van der Waals surface area contributed by atoms with Crippen molar-refractivity contribution >= 4 is 17.6 Å². The third-order valence-electron chi connectivity index (χ3n) is 1.61. The highest BCUT2D eigenvalue weighted by Crippen LogP contribution is 2.07. The SMILES string of the molecule is NNC(=O)c1ccc(NNC(N)=O)cc1. The van der Waals surface area contributed by atoms with Gasteiger partial charge in [-0.25, -0.2) is 10.6 Å². The van der Waals surface area contributed by atoms with Crippen LogP contribution in [0, 0.1) is 0 Å². The van der Waals surface area contributed by atoms with E-state index in [2.05, 4.69) is 10.9 Å². The van der Waals surface area contributed by atoms with Crippen LogP contribution >= 0.6 is 0 Å². The van der Waals surface area contributed by atoms with Crippen molar-refractivity contribution in [2.24, 2.45) is 11.6 Å². The molecular weight excluding hydrogens is 198 g/mol. The zero-order chi connectivity index (χ0) is 11.3. The first-order chi connectivity index (χ1) is 7.13. The van der Waals surface area contributed by atoms with E-state index in [0.29, 0.717) is 11.3 Å². The summed E-state index contributed by atoms with van der Waals surface area (Å²) < 4.78 is 0. The van der Waals surface area contributed by atoms with Gasteiger partial charge in [-0.3, -0.25) is 21.1 Å². The van der Waals surface area contributed by atoms with Gasteiger partial charge >= 0.3 is 6.03 Å². The predicted octanol–water partition coefficient (Wildman–Crippen LogP) is -0.715. The lowest BCUT2D eigenvalue weighted by atomic mass is 10.2. The van der Waals surface area contributed by atoms with Crippen molar-refractivity contribution in [1.82, 2.24) is 10.9 Å². The summed E-state index contributed by atoms with van der Waals surface area (Å²) in [5, 5.41) is 0. The van der Waals surface area contributed by atoms with Crippen LogP contribution in [0.2, 0.25) is 0 Å². The van der Waals surface area contributed by atoms with Crippen LogP contribution in [-0.2, 0) is 0 Å². The highest BCUT2D eigenvalue weighted by atomic mass is 16.2. The predicted molar refractivity (Wildman–Crippen MR) is 54.4 cm³/mol. The number of hydrazine groups is 2. The molecule has 0 aromatic heterocycles. The summed E-state index contributed by atoms with van der Waals surface area (Å²) in [6.07, 6.45) is 0. The molecule has 0 aliphatic heterocycles. The Morgan fingerprint density at radius 2 is 1.73 bits per heavy atom. The van der Waals surface area contributed by atoms with Gasteiger partial charge in [0.25, 0.3) is 5.91 Å². The Morgan fingerprint density at radius 1 is 1.13 bits per heavy atom. The number of rotatable bonds is 3. The summed E-state index contributed by atoms with van der Waals surface area (Å²) in [6.45, 7) is 0. The summed E-state index contributed by atoms with van der Waals surface area (Å²) in [6, 6.07) is 5.60. The van der Waals surface area contributed by atoms with Gasteiger partial charge in [-0.05, 0) is 24.3 Å². The van der Waals surface area contributed by atoms with Gasteiger partial charge in [-0.2, -0.15) is 0 Å². The molecule has 1 rings (SSSR count). The van der Waals surface area contributed by atoms with Gasteiger partial charge in [0.15, 0.2) is 0 Å². The first-order valence-corrected chi connectivity index (χ1v) is 4.06. The average molecular weight is 209 g/mol. The van der Waals surface area contributed by atoms with E-state index in [0.717, 1.165) is 0 Å². The van der Waals surface area contributed by atoms with Crippen LogP contribution in [0.4, 0.5) is 10.5 Å². The summed E-state index contributed by atoms with van der Waals surface area (Å²) in [5.41, 5.74) is 12.6. The zero-order valence-corrected chi connectivity index (χ0v) is 7.78. The third kappa shape index (κ3) is 3.16. The highest BCUT2D eigenvalue weighted by molar-refractivity contribution is 5.94. The first kappa shape index (κ1) is 10.8. The molecule has 0 radical (unpaired) electrons. The fourth-order valence-electron chi connectivity index (χ4n) is 0.922. The van der Waals surface area contributed by atoms with Crippen LogP contribution in [0.15, 0.2) is 24.3 Å². The number of nitrogens with two attached hydrogens (primary N) is 2. The minimum absolute atomic E-state index is 0.385. The third-order valence-corrected chi connectivity index (χ3v) is 1.61. The lowest BCUT2D eigenvalue weighted by Crippen LogP contribution is -2.34. The molecule has 15 heavy (non-hydrogen) atoms. The Hall–Kier alpha value is -2.28. The van der Waals surface area contributed by atoms with Gasteiger partial charge in [0.05, 0.1) is 5.69 Å². The molecule has 0 saturated carbocycles. The van der Waals surface area contributed by atoms with Gasteiger partial charge in [0.1, 0.15) is 0 Å². The van der Waals surface area contributed by atoms with E-state index in [1.807, 2.05) is 5.43 Å². The molecule has 1 aromatic rings. The first-order valence-electron chi connectivity index (χ1n) is 4.06. The Morgan fingerprint density at radius 3 is 2.20 bits per heavy atom. The Bertz CT molecular complexity index is 362. The van der Waals surface area contributed by atoms with Crippen molar-refractivity contribution in [3.8, 4) is 0 Å². The van der Waals surface area contributed by atoms with E-state index in [1.165, 1.54) is 0 Å². The van der Waals surface area contributed by atoms with Crippen LogP contribution in [0.1, 0.15) is 10.4 Å². The number of urea groups is 1. The van der Waals surface area contributed by atoms with E-state index in [4.69, 9.17) is 11.6 Å². The fourth-order valence-corrected chi connectivity index (χ4v) is 0.922. The summed E-state index contributed by atoms with van der Waals surface area (Å²) in [4.78, 5) is 21.4. The van der Waals surface area contributed by atoms with Gasteiger partial charge < -0.3 is 5.73 Å². The smallest absolute Gasteiger partial charge is 0.330 e. The molecule has 0 heterocycles. The molecule has 1 aromatic carbocycles. The van der Waals surface area contributed by atoms with Crippen molar-refractivity contribution in [1.29, 1.82) is 0 Å². The second-order valence-corrected chi connectivity index (χ2v) is 2.67. The second-order valence-electron chi connectivity index (χ2n) is 2.67. The normalized spacial score (nSPS) is 9.13. The van der Waals surface area contributed by atoms with E-state index >= 15 is 0 Å². The number of carbonyl (C=O) groups is 2. The lowest BCUT2D eigenvalue weighted by Gasteiger charge is -2.06. The van der Waals surface area contributed by atoms with Gasteiger partial charge in [0.2, 0.25) is 0 Å². The summed E-state index contributed by atoms with van der Waals surface area (Å²) in [5.74, 6) is 4.57. The summed E-state index contributed by atoms with van der Waals surface area (Å²) >= 11 is 0. The minimum atomic E-state index is -0.696. The monoisotopic (exact) mass is 209 g/mol. The number of hydrogen-bond donors (Lipinski definition) is 5. The van der Waals surface area contributed by atoms with E-state index in [9.17, 15) is 9.59 Å². The maximum Gasteiger partial charge on any atom is 0.330 e. The summed E-state index contributed by atoms with van der Waals surface area (Å²) in [7, 11) is 0. The zero-order valence-electron chi connectivity index (χ0n) is 7.78. The van der Waals surface area contributed by atoms with Crippen LogP contribution in [0.5, 0.6) is 0 Å². The van der Waals surface area contributed by atoms with E-state index in [1.54, 1.807) is 24.3 Å². The molecule has 0 fully saturated rings. The van der Waals surface area contributed by atoms with Crippen molar-refractivity contribution < 1.29 is 9.59 Å². The molecule has 80 valence electrons. The number of amides is 3. The van der Waals surface area contributed by atoms with Crippen LogP contribution < -0.4 is 27.9 Å². The molecule has 7 nitrogen and oxygen atoms in total. The van der Waals surface area contributed by atoms with E-state index < -0.39 is 6.03 Å². The topological polar surface area (TPSA) is 122 Å². The Labute approximate surface area is 85.8 Å².